The standard InChI is InChI=1S/C27H33N7O2/c1-18(2)33(19(3)4)13-12-28-25-24-26(34(16-30-24)21-8-6-5-7-9-21)32-27(31-25)29-15-20-10-11-22-23(14-20)36-17-35-22/h5-11,14,16,18-19H,12-13,15,17H2,1-4H3,(H2,28,29,31,32). The van der Waals surface area contributed by atoms with Crippen molar-refractivity contribution in [2.75, 3.05) is 30.5 Å². The monoisotopic (exact) mass is 487 g/mol. The second-order valence-electron chi connectivity index (χ2n) is 9.41. The molecular formula is C27H33N7O2. The van der Waals surface area contributed by atoms with Gasteiger partial charge in [0.05, 0.1) is 0 Å². The number of nitrogens with zero attached hydrogens (tertiary/aromatic N) is 5. The van der Waals surface area contributed by atoms with Gasteiger partial charge in [0.2, 0.25) is 12.7 Å². The smallest absolute Gasteiger partial charge is 0.231 e. The van der Waals surface area contributed by atoms with Crippen LogP contribution in [0.5, 0.6) is 11.5 Å². The van der Waals surface area contributed by atoms with E-state index in [1.807, 2.05) is 53.1 Å². The van der Waals surface area contributed by atoms with Crippen molar-refractivity contribution < 1.29 is 9.47 Å². The van der Waals surface area contributed by atoms with Crippen LogP contribution in [-0.4, -0.2) is 56.4 Å². The number of rotatable bonds is 10. The van der Waals surface area contributed by atoms with Crippen molar-refractivity contribution in [3.05, 3.63) is 60.4 Å². The van der Waals surface area contributed by atoms with Crippen LogP contribution in [0.25, 0.3) is 16.9 Å². The van der Waals surface area contributed by atoms with Gasteiger partial charge in [-0.15, -0.1) is 0 Å². The molecule has 3 heterocycles. The minimum Gasteiger partial charge on any atom is -0.454 e. The average molecular weight is 488 g/mol. The summed E-state index contributed by atoms with van der Waals surface area (Å²) >= 11 is 0. The Balaban J connectivity index is 1.42. The number of benzene rings is 2. The first-order chi connectivity index (χ1) is 17.5. The van der Waals surface area contributed by atoms with Gasteiger partial charge in [0.1, 0.15) is 6.33 Å². The van der Waals surface area contributed by atoms with E-state index in [-0.39, 0.29) is 6.79 Å². The Labute approximate surface area is 211 Å². The summed E-state index contributed by atoms with van der Waals surface area (Å²) in [5.74, 6) is 2.78. The van der Waals surface area contributed by atoms with Crippen LogP contribution < -0.4 is 20.1 Å². The van der Waals surface area contributed by atoms with Crippen LogP contribution in [0.3, 0.4) is 0 Å². The van der Waals surface area contributed by atoms with E-state index in [2.05, 4.69) is 48.2 Å². The Kier molecular flexibility index (Phi) is 6.90. The molecule has 0 fully saturated rings. The van der Waals surface area contributed by atoms with Crippen molar-refractivity contribution in [2.24, 2.45) is 0 Å². The highest BCUT2D eigenvalue weighted by molar-refractivity contribution is 5.85. The molecule has 0 radical (unpaired) electrons. The number of anilines is 2. The van der Waals surface area contributed by atoms with Crippen LogP contribution in [0.1, 0.15) is 33.3 Å². The van der Waals surface area contributed by atoms with Crippen LogP contribution in [0.15, 0.2) is 54.9 Å². The van der Waals surface area contributed by atoms with Gasteiger partial charge in [-0.1, -0.05) is 24.3 Å². The van der Waals surface area contributed by atoms with Crippen LogP contribution >= 0.6 is 0 Å². The van der Waals surface area contributed by atoms with Gasteiger partial charge in [0.25, 0.3) is 0 Å². The maximum absolute atomic E-state index is 5.51. The molecule has 36 heavy (non-hydrogen) atoms. The topological polar surface area (TPSA) is 89.4 Å². The molecule has 0 unspecified atom stereocenters. The highest BCUT2D eigenvalue weighted by Gasteiger charge is 2.17. The van der Waals surface area contributed by atoms with E-state index in [0.29, 0.717) is 24.6 Å². The van der Waals surface area contributed by atoms with Crippen LogP contribution in [0.4, 0.5) is 11.8 Å². The molecule has 2 aromatic heterocycles. The number of fused-ring (bicyclic) bond motifs is 2. The van der Waals surface area contributed by atoms with E-state index in [9.17, 15) is 0 Å². The Morgan fingerprint density at radius 2 is 1.72 bits per heavy atom. The highest BCUT2D eigenvalue weighted by Crippen LogP contribution is 2.32. The summed E-state index contributed by atoms with van der Waals surface area (Å²) in [6, 6.07) is 16.9. The predicted octanol–water partition coefficient (Wildman–Crippen LogP) is 4.69. The predicted molar refractivity (Wildman–Crippen MR) is 142 cm³/mol. The molecule has 5 rings (SSSR count). The van der Waals surface area contributed by atoms with Gasteiger partial charge in [-0.05, 0) is 57.5 Å². The molecule has 0 atom stereocenters. The van der Waals surface area contributed by atoms with Crippen LogP contribution in [-0.2, 0) is 6.54 Å². The maximum Gasteiger partial charge on any atom is 0.231 e. The quantitative estimate of drug-likeness (QED) is 0.333. The summed E-state index contributed by atoms with van der Waals surface area (Å²) in [6.07, 6.45) is 1.80. The Morgan fingerprint density at radius 3 is 2.50 bits per heavy atom. The molecule has 188 valence electrons. The third-order valence-electron chi connectivity index (χ3n) is 6.31. The molecule has 2 aromatic carbocycles. The number of nitrogens with one attached hydrogen (secondary N) is 2. The molecule has 2 N–H and O–H groups in total. The lowest BCUT2D eigenvalue weighted by molar-refractivity contribution is 0.174. The van der Waals surface area contributed by atoms with Gasteiger partial charge in [0.15, 0.2) is 28.5 Å². The van der Waals surface area contributed by atoms with Gasteiger partial charge in [-0.2, -0.15) is 9.97 Å². The zero-order valence-corrected chi connectivity index (χ0v) is 21.2. The van der Waals surface area contributed by atoms with E-state index in [0.717, 1.165) is 52.8 Å². The molecule has 9 heteroatoms. The van der Waals surface area contributed by atoms with Crippen molar-refractivity contribution in [2.45, 2.75) is 46.3 Å². The highest BCUT2D eigenvalue weighted by atomic mass is 16.7. The molecule has 0 amide bonds. The SMILES string of the molecule is CC(C)N(CCNc1nc(NCc2ccc3c(c2)OCO3)nc2c1ncn2-c1ccccc1)C(C)C. The second kappa shape index (κ2) is 10.4. The zero-order valence-electron chi connectivity index (χ0n) is 21.2. The Bertz CT molecular complexity index is 1310. The first-order valence-electron chi connectivity index (χ1n) is 12.4. The van der Waals surface area contributed by atoms with Gasteiger partial charge < -0.3 is 20.1 Å². The lowest BCUT2D eigenvalue weighted by Crippen LogP contribution is -2.40. The van der Waals surface area contributed by atoms with Crippen molar-refractivity contribution in [1.82, 2.24) is 24.4 Å². The lowest BCUT2D eigenvalue weighted by atomic mass is 10.2. The second-order valence-corrected chi connectivity index (χ2v) is 9.41. The number of hydrogen-bond donors (Lipinski definition) is 2. The Hall–Kier alpha value is -3.85. The fourth-order valence-corrected chi connectivity index (χ4v) is 4.53. The van der Waals surface area contributed by atoms with E-state index in [1.165, 1.54) is 0 Å². The lowest BCUT2D eigenvalue weighted by Gasteiger charge is -2.30. The summed E-state index contributed by atoms with van der Waals surface area (Å²) < 4.78 is 12.9. The molecule has 9 nitrogen and oxygen atoms in total. The minimum absolute atomic E-state index is 0.259. The first-order valence-corrected chi connectivity index (χ1v) is 12.4. The van der Waals surface area contributed by atoms with Gasteiger partial charge in [0, 0.05) is 37.4 Å². The third kappa shape index (κ3) is 5.06. The molecule has 1 aliphatic rings. The van der Waals surface area contributed by atoms with E-state index in [1.54, 1.807) is 6.33 Å². The molecule has 0 saturated heterocycles. The van der Waals surface area contributed by atoms with Gasteiger partial charge in [-0.3, -0.25) is 9.47 Å². The molecule has 1 aliphatic heterocycles. The van der Waals surface area contributed by atoms with Crippen molar-refractivity contribution in [3.8, 4) is 17.2 Å². The average Bonchev–Trinajstić information content (AvgIpc) is 3.52. The van der Waals surface area contributed by atoms with Crippen LogP contribution in [0.2, 0.25) is 0 Å². The molecule has 0 saturated carbocycles. The number of para-hydroxylation sites is 1. The molecule has 0 aliphatic carbocycles. The molecule has 4 aromatic rings. The largest absolute Gasteiger partial charge is 0.454 e. The molecule has 0 bridgehead atoms. The zero-order chi connectivity index (χ0) is 25.1. The van der Waals surface area contributed by atoms with Gasteiger partial charge in [-0.25, -0.2) is 4.98 Å². The number of ether oxygens (including phenoxy) is 2. The third-order valence-corrected chi connectivity index (χ3v) is 6.31. The fourth-order valence-electron chi connectivity index (χ4n) is 4.53. The number of hydrogen-bond acceptors (Lipinski definition) is 8. The Morgan fingerprint density at radius 1 is 0.944 bits per heavy atom. The van der Waals surface area contributed by atoms with E-state index in [4.69, 9.17) is 19.4 Å². The molecular weight excluding hydrogens is 454 g/mol. The number of aromatic nitrogens is 4. The van der Waals surface area contributed by atoms with Crippen molar-refractivity contribution >= 4 is 22.9 Å². The summed E-state index contributed by atoms with van der Waals surface area (Å²) in [5.41, 5.74) is 3.54. The van der Waals surface area contributed by atoms with E-state index >= 15 is 0 Å². The van der Waals surface area contributed by atoms with E-state index < -0.39 is 0 Å². The van der Waals surface area contributed by atoms with Crippen molar-refractivity contribution in [1.29, 1.82) is 0 Å². The summed E-state index contributed by atoms with van der Waals surface area (Å²) in [5, 5.41) is 6.90. The van der Waals surface area contributed by atoms with Crippen molar-refractivity contribution in [3.63, 3.8) is 0 Å². The maximum atomic E-state index is 5.51. The fraction of sp³-hybridized carbons (Fsp3) is 0.370. The summed E-state index contributed by atoms with van der Waals surface area (Å²) in [6.45, 7) is 11.4. The molecule has 0 spiro atoms. The van der Waals surface area contributed by atoms with Gasteiger partial charge >= 0.3 is 0 Å². The minimum atomic E-state index is 0.259. The number of imidazole rings is 1. The normalized spacial score (nSPS) is 12.8. The summed E-state index contributed by atoms with van der Waals surface area (Å²) in [4.78, 5) is 16.7. The first kappa shape index (κ1) is 23.9. The summed E-state index contributed by atoms with van der Waals surface area (Å²) in [7, 11) is 0. The van der Waals surface area contributed by atoms with Crippen LogP contribution in [0, 0.1) is 0 Å².